The number of fused-ring (bicyclic) bond motifs is 1. The summed E-state index contributed by atoms with van der Waals surface area (Å²) in [5.74, 6) is 1.21. The number of aromatic nitrogens is 1. The lowest BCUT2D eigenvalue weighted by Crippen LogP contribution is -2.48. The lowest BCUT2D eigenvalue weighted by molar-refractivity contribution is -0.132. The van der Waals surface area contributed by atoms with Crippen LogP contribution < -0.4 is 4.74 Å². The average Bonchev–Trinajstić information content (AvgIpc) is 3.14. The zero-order valence-corrected chi connectivity index (χ0v) is 17.5. The second-order valence-electron chi connectivity index (χ2n) is 7.37. The minimum Gasteiger partial charge on any atom is -0.508 e. The van der Waals surface area contributed by atoms with Gasteiger partial charge in [-0.1, -0.05) is 12.1 Å². The van der Waals surface area contributed by atoms with Crippen molar-refractivity contribution in [2.75, 3.05) is 33.3 Å². The standard InChI is InChI=1S/C22H25N3O3S/c1-15-14-29-21(23-15)12-22(27)25-9-7-24(8-10-25)13-19-18-11-17(28-2)5-3-16(18)4-6-20(19)26/h3-6,11,14,26H,7-10,12-13H2,1-2H3. The van der Waals surface area contributed by atoms with E-state index in [0.29, 0.717) is 31.8 Å². The minimum atomic E-state index is 0.136. The lowest BCUT2D eigenvalue weighted by atomic mass is 10.0. The number of methoxy groups -OCH3 is 1. The molecular weight excluding hydrogens is 386 g/mol. The second-order valence-corrected chi connectivity index (χ2v) is 8.31. The number of carbonyl (C=O) groups is 1. The second kappa shape index (κ2) is 8.39. The van der Waals surface area contributed by atoms with E-state index in [-0.39, 0.29) is 5.91 Å². The number of hydrogen-bond donors (Lipinski definition) is 1. The van der Waals surface area contributed by atoms with E-state index in [4.69, 9.17) is 4.74 Å². The van der Waals surface area contributed by atoms with Crippen molar-refractivity contribution >= 4 is 28.0 Å². The van der Waals surface area contributed by atoms with Crippen molar-refractivity contribution in [1.29, 1.82) is 0 Å². The molecule has 1 aromatic heterocycles. The summed E-state index contributed by atoms with van der Waals surface area (Å²) in [6, 6.07) is 9.58. The fourth-order valence-corrected chi connectivity index (χ4v) is 4.51. The summed E-state index contributed by atoms with van der Waals surface area (Å²) in [7, 11) is 1.65. The quantitative estimate of drug-likeness (QED) is 0.698. The molecule has 0 bridgehead atoms. The van der Waals surface area contributed by atoms with Crippen molar-refractivity contribution in [3.8, 4) is 11.5 Å². The Morgan fingerprint density at radius 2 is 1.97 bits per heavy atom. The van der Waals surface area contributed by atoms with Gasteiger partial charge in [-0.05, 0) is 35.9 Å². The molecule has 1 N–H and O–H groups in total. The molecule has 2 heterocycles. The number of nitrogens with zero attached hydrogens (tertiary/aromatic N) is 3. The Morgan fingerprint density at radius 1 is 1.21 bits per heavy atom. The summed E-state index contributed by atoms with van der Waals surface area (Å²) in [6.45, 7) is 5.53. The zero-order chi connectivity index (χ0) is 20.4. The van der Waals surface area contributed by atoms with Crippen LogP contribution in [0.4, 0.5) is 0 Å². The molecule has 1 fully saturated rings. The summed E-state index contributed by atoms with van der Waals surface area (Å²) in [6.07, 6.45) is 0.377. The first kappa shape index (κ1) is 19.7. The van der Waals surface area contributed by atoms with Crippen LogP contribution in [-0.2, 0) is 17.8 Å². The first-order chi connectivity index (χ1) is 14.0. The van der Waals surface area contributed by atoms with Crippen LogP contribution >= 0.6 is 11.3 Å². The van der Waals surface area contributed by atoms with Crippen molar-refractivity contribution in [1.82, 2.24) is 14.8 Å². The number of carbonyl (C=O) groups excluding carboxylic acids is 1. The van der Waals surface area contributed by atoms with E-state index in [0.717, 1.165) is 45.9 Å². The molecule has 0 spiro atoms. The smallest absolute Gasteiger partial charge is 0.229 e. The van der Waals surface area contributed by atoms with Gasteiger partial charge in [0.25, 0.3) is 0 Å². The van der Waals surface area contributed by atoms with E-state index in [1.165, 1.54) is 0 Å². The Labute approximate surface area is 174 Å². The molecule has 0 atom stereocenters. The highest BCUT2D eigenvalue weighted by molar-refractivity contribution is 7.09. The highest BCUT2D eigenvalue weighted by atomic mass is 32.1. The van der Waals surface area contributed by atoms with Crippen molar-refractivity contribution in [2.45, 2.75) is 19.9 Å². The van der Waals surface area contributed by atoms with E-state index < -0.39 is 0 Å². The third kappa shape index (κ3) is 4.36. The Kier molecular flexibility index (Phi) is 5.69. The maximum absolute atomic E-state index is 12.6. The van der Waals surface area contributed by atoms with Crippen LogP contribution in [0.15, 0.2) is 35.7 Å². The van der Waals surface area contributed by atoms with Crippen LogP contribution in [0.25, 0.3) is 10.8 Å². The van der Waals surface area contributed by atoms with E-state index >= 15 is 0 Å². The Morgan fingerprint density at radius 3 is 2.66 bits per heavy atom. The molecule has 1 aliphatic heterocycles. The molecule has 152 valence electrons. The molecule has 2 aromatic carbocycles. The maximum Gasteiger partial charge on any atom is 0.229 e. The SMILES string of the molecule is COc1ccc2ccc(O)c(CN3CCN(C(=O)Cc4nc(C)cs4)CC3)c2c1. The molecule has 1 saturated heterocycles. The molecule has 0 aliphatic carbocycles. The number of phenolic OH excluding ortho intramolecular Hbond substituents is 1. The maximum atomic E-state index is 12.6. The molecule has 7 heteroatoms. The third-order valence-electron chi connectivity index (χ3n) is 5.39. The largest absolute Gasteiger partial charge is 0.508 e. The van der Waals surface area contributed by atoms with E-state index in [2.05, 4.69) is 9.88 Å². The minimum absolute atomic E-state index is 0.136. The van der Waals surface area contributed by atoms with Crippen LogP contribution in [0.2, 0.25) is 0 Å². The molecule has 1 aliphatic rings. The van der Waals surface area contributed by atoms with Crippen LogP contribution in [0.3, 0.4) is 0 Å². The number of piperazine rings is 1. The summed E-state index contributed by atoms with van der Waals surface area (Å²) in [5, 5.41) is 15.4. The normalized spacial score (nSPS) is 15.0. The lowest BCUT2D eigenvalue weighted by Gasteiger charge is -2.35. The van der Waals surface area contributed by atoms with Gasteiger partial charge in [0.15, 0.2) is 0 Å². The highest BCUT2D eigenvalue weighted by Gasteiger charge is 2.23. The van der Waals surface area contributed by atoms with Crippen molar-refractivity contribution in [2.24, 2.45) is 0 Å². The number of hydrogen-bond acceptors (Lipinski definition) is 6. The van der Waals surface area contributed by atoms with Crippen LogP contribution in [0, 0.1) is 6.92 Å². The third-order valence-corrected chi connectivity index (χ3v) is 6.36. The molecule has 0 saturated carbocycles. The monoisotopic (exact) mass is 411 g/mol. The van der Waals surface area contributed by atoms with Gasteiger partial charge in [0, 0.05) is 49.4 Å². The molecule has 6 nitrogen and oxygen atoms in total. The van der Waals surface area contributed by atoms with Gasteiger partial charge < -0.3 is 14.7 Å². The number of rotatable bonds is 5. The summed E-state index contributed by atoms with van der Waals surface area (Å²) in [4.78, 5) is 21.2. The number of aryl methyl sites for hydroxylation is 1. The number of thiazole rings is 1. The van der Waals surface area contributed by atoms with Crippen LogP contribution in [0.5, 0.6) is 11.5 Å². The van der Waals surface area contributed by atoms with Gasteiger partial charge in [-0.25, -0.2) is 4.98 Å². The number of aromatic hydroxyl groups is 1. The molecular formula is C22H25N3O3S. The average molecular weight is 412 g/mol. The summed E-state index contributed by atoms with van der Waals surface area (Å²) in [5.41, 5.74) is 1.87. The summed E-state index contributed by atoms with van der Waals surface area (Å²) < 4.78 is 5.35. The highest BCUT2D eigenvalue weighted by Crippen LogP contribution is 2.31. The first-order valence-corrected chi connectivity index (χ1v) is 10.6. The van der Waals surface area contributed by atoms with Gasteiger partial charge in [0.05, 0.1) is 13.5 Å². The Bertz CT molecular complexity index is 1030. The van der Waals surface area contributed by atoms with E-state index in [1.807, 2.05) is 41.5 Å². The van der Waals surface area contributed by atoms with Gasteiger partial charge in [-0.2, -0.15) is 0 Å². The molecule has 0 radical (unpaired) electrons. The topological polar surface area (TPSA) is 65.9 Å². The fourth-order valence-electron chi connectivity index (χ4n) is 3.75. The van der Waals surface area contributed by atoms with Gasteiger partial charge in [0.1, 0.15) is 16.5 Å². The van der Waals surface area contributed by atoms with Crippen LogP contribution in [0.1, 0.15) is 16.3 Å². The van der Waals surface area contributed by atoms with Crippen LogP contribution in [-0.4, -0.2) is 59.1 Å². The number of benzene rings is 2. The van der Waals surface area contributed by atoms with Crippen molar-refractivity contribution in [3.05, 3.63) is 52.0 Å². The predicted molar refractivity (Wildman–Crippen MR) is 115 cm³/mol. The van der Waals surface area contributed by atoms with Crippen molar-refractivity contribution in [3.63, 3.8) is 0 Å². The Hall–Kier alpha value is -2.64. The van der Waals surface area contributed by atoms with E-state index in [1.54, 1.807) is 24.5 Å². The molecule has 1 amide bonds. The number of phenols is 1. The first-order valence-electron chi connectivity index (χ1n) is 9.73. The zero-order valence-electron chi connectivity index (χ0n) is 16.7. The molecule has 4 rings (SSSR count). The number of amides is 1. The molecule has 29 heavy (non-hydrogen) atoms. The molecule has 0 unspecified atom stereocenters. The molecule has 3 aromatic rings. The number of ether oxygens (including phenoxy) is 1. The Balaban J connectivity index is 1.42. The van der Waals surface area contributed by atoms with Gasteiger partial charge in [0.2, 0.25) is 5.91 Å². The predicted octanol–water partition coefficient (Wildman–Crippen LogP) is 3.21. The summed E-state index contributed by atoms with van der Waals surface area (Å²) >= 11 is 1.54. The van der Waals surface area contributed by atoms with Crippen molar-refractivity contribution < 1.29 is 14.6 Å². The van der Waals surface area contributed by atoms with E-state index in [9.17, 15) is 9.90 Å². The van der Waals surface area contributed by atoms with Gasteiger partial charge in [-0.15, -0.1) is 11.3 Å². The van der Waals surface area contributed by atoms with Gasteiger partial charge >= 0.3 is 0 Å². The fraction of sp³-hybridized carbons (Fsp3) is 0.364. The van der Waals surface area contributed by atoms with Gasteiger partial charge in [-0.3, -0.25) is 9.69 Å².